The Morgan fingerprint density at radius 1 is 1.25 bits per heavy atom. The lowest BCUT2D eigenvalue weighted by atomic mass is 10.2. The number of rotatable bonds is 3. The minimum Gasteiger partial charge on any atom is -0.478 e. The molecule has 0 saturated carbocycles. The van der Waals surface area contributed by atoms with Crippen molar-refractivity contribution in [2.24, 2.45) is 0 Å². The Morgan fingerprint density at radius 2 is 2.05 bits per heavy atom. The normalized spacial score (nSPS) is 9.55. The van der Waals surface area contributed by atoms with Gasteiger partial charge in [0.25, 0.3) is 0 Å². The highest BCUT2D eigenvalue weighted by molar-refractivity contribution is 7.14. The third-order valence-electron chi connectivity index (χ3n) is 2.41. The van der Waals surface area contributed by atoms with Gasteiger partial charge in [0.1, 0.15) is 5.00 Å². The molecule has 1 heterocycles. The molecule has 1 aromatic heterocycles. The summed E-state index contributed by atoms with van der Waals surface area (Å²) in [5, 5.41) is 15.9. The van der Waals surface area contributed by atoms with Crippen LogP contribution in [0.4, 0.5) is 15.5 Å². The molecule has 0 aliphatic heterocycles. The van der Waals surface area contributed by atoms with Gasteiger partial charge in [-0.25, -0.2) is 9.59 Å². The summed E-state index contributed by atoms with van der Waals surface area (Å²) in [7, 11) is 0. The van der Waals surface area contributed by atoms with Gasteiger partial charge in [-0.15, -0.1) is 17.8 Å². The molecule has 6 heteroatoms. The van der Waals surface area contributed by atoms with Gasteiger partial charge in [0, 0.05) is 11.3 Å². The van der Waals surface area contributed by atoms with E-state index < -0.39 is 12.0 Å². The van der Waals surface area contributed by atoms with Crippen molar-refractivity contribution in [3.63, 3.8) is 0 Å². The molecule has 3 N–H and O–H groups in total. The summed E-state index contributed by atoms with van der Waals surface area (Å²) < 4.78 is 0. The van der Waals surface area contributed by atoms with E-state index in [1.165, 1.54) is 6.07 Å². The molecule has 0 radical (unpaired) electrons. The number of hydrogen-bond donors (Lipinski definition) is 3. The van der Waals surface area contributed by atoms with Crippen LogP contribution in [-0.4, -0.2) is 17.1 Å². The quantitative estimate of drug-likeness (QED) is 0.759. The van der Waals surface area contributed by atoms with Crippen LogP contribution in [0.25, 0.3) is 0 Å². The average molecular weight is 286 g/mol. The second-order valence-electron chi connectivity index (χ2n) is 3.77. The third-order valence-corrected chi connectivity index (χ3v) is 3.24. The van der Waals surface area contributed by atoms with Crippen molar-refractivity contribution >= 4 is 34.0 Å². The maximum absolute atomic E-state index is 11.8. The van der Waals surface area contributed by atoms with Crippen molar-refractivity contribution in [3.8, 4) is 12.3 Å². The van der Waals surface area contributed by atoms with Gasteiger partial charge in [-0.2, -0.15) is 0 Å². The van der Waals surface area contributed by atoms with E-state index >= 15 is 0 Å². The molecule has 1 aromatic carbocycles. The highest BCUT2D eigenvalue weighted by Gasteiger charge is 2.13. The van der Waals surface area contributed by atoms with Crippen molar-refractivity contribution in [1.29, 1.82) is 0 Å². The van der Waals surface area contributed by atoms with Crippen molar-refractivity contribution in [3.05, 3.63) is 46.8 Å². The number of amides is 2. The van der Waals surface area contributed by atoms with Crippen molar-refractivity contribution in [2.75, 3.05) is 10.6 Å². The van der Waals surface area contributed by atoms with Gasteiger partial charge in [0.05, 0.1) is 5.56 Å². The Labute approximate surface area is 119 Å². The number of benzene rings is 1. The van der Waals surface area contributed by atoms with E-state index in [0.29, 0.717) is 11.3 Å². The van der Waals surface area contributed by atoms with E-state index in [-0.39, 0.29) is 10.6 Å². The lowest BCUT2D eigenvalue weighted by molar-refractivity contribution is 0.0698. The zero-order valence-electron chi connectivity index (χ0n) is 10.2. The lowest BCUT2D eigenvalue weighted by Crippen LogP contribution is -2.20. The zero-order chi connectivity index (χ0) is 14.5. The van der Waals surface area contributed by atoms with Crippen LogP contribution in [0, 0.1) is 12.3 Å². The van der Waals surface area contributed by atoms with Gasteiger partial charge in [0.2, 0.25) is 0 Å². The molecule has 0 spiro atoms. The molecule has 20 heavy (non-hydrogen) atoms. The number of anilines is 2. The number of aromatic carboxylic acids is 1. The minimum absolute atomic E-state index is 0.0579. The first kappa shape index (κ1) is 13.6. The number of terminal acetylenes is 1. The van der Waals surface area contributed by atoms with Gasteiger partial charge >= 0.3 is 12.0 Å². The first-order valence-corrected chi connectivity index (χ1v) is 6.43. The van der Waals surface area contributed by atoms with Gasteiger partial charge in [-0.05, 0) is 29.6 Å². The molecule has 0 saturated heterocycles. The number of carbonyl (C=O) groups is 2. The molecule has 0 unspecified atom stereocenters. The Kier molecular flexibility index (Phi) is 4.03. The number of hydrogen-bond acceptors (Lipinski definition) is 3. The van der Waals surface area contributed by atoms with Crippen molar-refractivity contribution < 1.29 is 14.7 Å². The van der Waals surface area contributed by atoms with Crippen LogP contribution in [0.2, 0.25) is 0 Å². The van der Waals surface area contributed by atoms with Gasteiger partial charge in [-0.3, -0.25) is 5.32 Å². The standard InChI is InChI=1S/C14H10N2O3S/c1-2-9-4-3-5-10(8-9)15-14(19)16-12-11(13(17)18)6-7-20-12/h1,3-8H,(H,17,18)(H2,15,16,19). The first-order chi connectivity index (χ1) is 9.60. The molecular weight excluding hydrogens is 276 g/mol. The third kappa shape index (κ3) is 3.16. The van der Waals surface area contributed by atoms with E-state index in [2.05, 4.69) is 16.6 Å². The fourth-order valence-corrected chi connectivity index (χ4v) is 2.30. The zero-order valence-corrected chi connectivity index (χ0v) is 11.0. The molecule has 0 aliphatic rings. The highest BCUT2D eigenvalue weighted by atomic mass is 32.1. The summed E-state index contributed by atoms with van der Waals surface area (Å²) in [6.07, 6.45) is 5.27. The summed E-state index contributed by atoms with van der Waals surface area (Å²) in [6, 6.07) is 7.70. The van der Waals surface area contributed by atoms with E-state index in [1.807, 2.05) is 0 Å². The Bertz CT molecular complexity index is 700. The van der Waals surface area contributed by atoms with Crippen LogP contribution in [0.5, 0.6) is 0 Å². The molecule has 5 nitrogen and oxygen atoms in total. The molecule has 2 rings (SSSR count). The SMILES string of the molecule is C#Cc1cccc(NC(=O)Nc2sccc2C(=O)O)c1. The second-order valence-corrected chi connectivity index (χ2v) is 4.69. The number of carboxylic acids is 1. The predicted octanol–water partition coefficient (Wildman–Crippen LogP) is 3.07. The van der Waals surface area contributed by atoms with Gasteiger partial charge in [-0.1, -0.05) is 12.0 Å². The molecule has 2 amide bonds. The van der Waals surface area contributed by atoms with E-state index in [1.54, 1.807) is 29.6 Å². The van der Waals surface area contributed by atoms with Crippen LogP contribution in [-0.2, 0) is 0 Å². The topological polar surface area (TPSA) is 78.4 Å². The number of carbonyl (C=O) groups excluding carboxylic acids is 1. The summed E-state index contributed by atoms with van der Waals surface area (Å²) in [4.78, 5) is 22.7. The first-order valence-electron chi connectivity index (χ1n) is 5.55. The summed E-state index contributed by atoms with van der Waals surface area (Å²) >= 11 is 1.14. The lowest BCUT2D eigenvalue weighted by Gasteiger charge is -2.07. The number of carboxylic acid groups (broad SMARTS) is 1. The van der Waals surface area contributed by atoms with Crippen LogP contribution in [0.1, 0.15) is 15.9 Å². The predicted molar refractivity (Wildman–Crippen MR) is 78.3 cm³/mol. The molecule has 0 atom stereocenters. The highest BCUT2D eigenvalue weighted by Crippen LogP contribution is 2.23. The van der Waals surface area contributed by atoms with Crippen molar-refractivity contribution in [2.45, 2.75) is 0 Å². The molecule has 0 aliphatic carbocycles. The van der Waals surface area contributed by atoms with Crippen LogP contribution >= 0.6 is 11.3 Å². The van der Waals surface area contributed by atoms with Crippen LogP contribution < -0.4 is 10.6 Å². The van der Waals surface area contributed by atoms with Crippen LogP contribution in [0.15, 0.2) is 35.7 Å². The molecule has 2 aromatic rings. The molecular formula is C14H10N2O3S. The van der Waals surface area contributed by atoms with E-state index in [9.17, 15) is 9.59 Å². The second kappa shape index (κ2) is 5.91. The smallest absolute Gasteiger partial charge is 0.338 e. The Hall–Kier alpha value is -2.78. The maximum Gasteiger partial charge on any atom is 0.338 e. The van der Waals surface area contributed by atoms with E-state index in [4.69, 9.17) is 11.5 Å². The average Bonchev–Trinajstić information content (AvgIpc) is 2.87. The number of nitrogens with one attached hydrogen (secondary N) is 2. The monoisotopic (exact) mass is 286 g/mol. The van der Waals surface area contributed by atoms with E-state index in [0.717, 1.165) is 11.3 Å². The summed E-state index contributed by atoms with van der Waals surface area (Å²) in [5.74, 6) is 1.38. The fourth-order valence-electron chi connectivity index (χ4n) is 1.53. The fraction of sp³-hybridized carbons (Fsp3) is 0. The molecule has 0 fully saturated rings. The van der Waals surface area contributed by atoms with Crippen LogP contribution in [0.3, 0.4) is 0 Å². The molecule has 0 bridgehead atoms. The molecule has 100 valence electrons. The van der Waals surface area contributed by atoms with Gasteiger partial charge < -0.3 is 10.4 Å². The Balaban J connectivity index is 2.07. The van der Waals surface area contributed by atoms with Crippen molar-refractivity contribution in [1.82, 2.24) is 0 Å². The van der Waals surface area contributed by atoms with Gasteiger partial charge in [0.15, 0.2) is 0 Å². The summed E-state index contributed by atoms with van der Waals surface area (Å²) in [6.45, 7) is 0. The maximum atomic E-state index is 11.8. The minimum atomic E-state index is -1.09. The number of urea groups is 1. The Morgan fingerprint density at radius 3 is 2.75 bits per heavy atom. The largest absolute Gasteiger partial charge is 0.478 e. The number of thiophene rings is 1. The summed E-state index contributed by atoms with van der Waals surface area (Å²) in [5.41, 5.74) is 1.24.